The van der Waals surface area contributed by atoms with Crippen LogP contribution in [0.1, 0.15) is 17.2 Å². The summed E-state index contributed by atoms with van der Waals surface area (Å²) in [5.74, 6) is 2.39. The van der Waals surface area contributed by atoms with Gasteiger partial charge in [0.05, 0.1) is 0 Å². The van der Waals surface area contributed by atoms with E-state index >= 15 is 0 Å². The molecular formula is C27H30N2O3. The van der Waals surface area contributed by atoms with Crippen LogP contribution in [0.15, 0.2) is 78.9 Å². The van der Waals surface area contributed by atoms with Gasteiger partial charge in [0.25, 0.3) is 0 Å². The molecule has 1 saturated heterocycles. The average molecular weight is 431 g/mol. The highest BCUT2D eigenvalue weighted by atomic mass is 16.7. The van der Waals surface area contributed by atoms with E-state index in [1.165, 1.54) is 11.1 Å². The van der Waals surface area contributed by atoms with E-state index in [-0.39, 0.29) is 6.79 Å². The molecular weight excluding hydrogens is 400 g/mol. The minimum absolute atomic E-state index is 0.289. The van der Waals surface area contributed by atoms with Gasteiger partial charge in [0.1, 0.15) is 12.4 Å². The van der Waals surface area contributed by atoms with Crippen molar-refractivity contribution in [2.24, 2.45) is 0 Å². The van der Waals surface area contributed by atoms with Crippen LogP contribution in [-0.2, 0) is 6.42 Å². The fourth-order valence-corrected chi connectivity index (χ4v) is 4.53. The Bertz CT molecular complexity index is 988. The van der Waals surface area contributed by atoms with Crippen molar-refractivity contribution in [3.8, 4) is 17.2 Å². The van der Waals surface area contributed by atoms with Gasteiger partial charge in [-0.05, 0) is 29.7 Å². The standard InChI is InChI=1S/C27H30N2O3/c1-3-7-22(8-4-1)19-25(23-9-5-2-6-10-23)29-15-13-28(14-16-29)17-18-30-24-11-12-26-27(20-24)32-21-31-26/h1-12,20,25H,13-19,21H2. The predicted molar refractivity (Wildman–Crippen MR) is 125 cm³/mol. The van der Waals surface area contributed by atoms with Crippen LogP contribution in [0.4, 0.5) is 0 Å². The summed E-state index contributed by atoms with van der Waals surface area (Å²) in [7, 11) is 0. The van der Waals surface area contributed by atoms with Crippen LogP contribution in [0.2, 0.25) is 0 Å². The molecule has 0 radical (unpaired) electrons. The van der Waals surface area contributed by atoms with Crippen molar-refractivity contribution in [2.45, 2.75) is 12.5 Å². The lowest BCUT2D eigenvalue weighted by Gasteiger charge is -2.39. The number of rotatable bonds is 8. The fourth-order valence-electron chi connectivity index (χ4n) is 4.53. The van der Waals surface area contributed by atoms with Crippen LogP contribution in [0.25, 0.3) is 0 Å². The molecule has 2 aliphatic rings. The summed E-state index contributed by atoms with van der Waals surface area (Å²) in [5, 5.41) is 0. The van der Waals surface area contributed by atoms with Gasteiger partial charge < -0.3 is 14.2 Å². The number of piperazine rings is 1. The van der Waals surface area contributed by atoms with Crippen molar-refractivity contribution < 1.29 is 14.2 Å². The summed E-state index contributed by atoms with van der Waals surface area (Å²) in [6.07, 6.45) is 1.04. The number of nitrogens with zero attached hydrogens (tertiary/aromatic N) is 2. The van der Waals surface area contributed by atoms with Gasteiger partial charge in [0.15, 0.2) is 11.5 Å². The summed E-state index contributed by atoms with van der Waals surface area (Å²) in [4.78, 5) is 5.13. The zero-order valence-electron chi connectivity index (χ0n) is 18.4. The van der Waals surface area contributed by atoms with Crippen LogP contribution in [0.5, 0.6) is 17.2 Å². The molecule has 3 aromatic rings. The normalized spacial score (nSPS) is 17.2. The highest BCUT2D eigenvalue weighted by Crippen LogP contribution is 2.35. The van der Waals surface area contributed by atoms with Gasteiger partial charge in [-0.2, -0.15) is 0 Å². The molecule has 5 rings (SSSR count). The second-order valence-corrected chi connectivity index (χ2v) is 8.36. The van der Waals surface area contributed by atoms with Gasteiger partial charge in [-0.25, -0.2) is 0 Å². The molecule has 1 atom stereocenters. The van der Waals surface area contributed by atoms with Crippen LogP contribution in [0.3, 0.4) is 0 Å². The van der Waals surface area contributed by atoms with E-state index < -0.39 is 0 Å². The zero-order chi connectivity index (χ0) is 21.6. The van der Waals surface area contributed by atoms with E-state index in [1.54, 1.807) is 0 Å². The summed E-state index contributed by atoms with van der Waals surface area (Å²) in [6, 6.07) is 27.9. The van der Waals surface area contributed by atoms with E-state index in [4.69, 9.17) is 14.2 Å². The molecule has 0 bridgehead atoms. The van der Waals surface area contributed by atoms with Crippen molar-refractivity contribution in [3.63, 3.8) is 0 Å². The minimum atomic E-state index is 0.289. The molecule has 0 aliphatic carbocycles. The minimum Gasteiger partial charge on any atom is -0.492 e. The van der Waals surface area contributed by atoms with Crippen molar-refractivity contribution in [3.05, 3.63) is 90.0 Å². The maximum absolute atomic E-state index is 5.97. The molecule has 0 N–H and O–H groups in total. The largest absolute Gasteiger partial charge is 0.492 e. The lowest BCUT2D eigenvalue weighted by molar-refractivity contribution is 0.0858. The molecule has 1 unspecified atom stereocenters. The zero-order valence-corrected chi connectivity index (χ0v) is 18.4. The lowest BCUT2D eigenvalue weighted by Crippen LogP contribution is -2.48. The molecule has 1 fully saturated rings. The number of hydrogen-bond acceptors (Lipinski definition) is 5. The SMILES string of the molecule is c1ccc(CC(c2ccccc2)N2CCN(CCOc3ccc4c(c3)OCO4)CC2)cc1. The molecule has 5 nitrogen and oxygen atoms in total. The highest BCUT2D eigenvalue weighted by Gasteiger charge is 2.25. The topological polar surface area (TPSA) is 34.2 Å². The first kappa shape index (κ1) is 20.9. The van der Waals surface area contributed by atoms with Crippen molar-refractivity contribution in [1.29, 1.82) is 0 Å². The maximum Gasteiger partial charge on any atom is 0.231 e. The van der Waals surface area contributed by atoms with Gasteiger partial charge in [-0.1, -0.05) is 60.7 Å². The molecule has 32 heavy (non-hydrogen) atoms. The van der Waals surface area contributed by atoms with Crippen LogP contribution in [-0.4, -0.2) is 55.9 Å². The van der Waals surface area contributed by atoms with E-state index in [1.807, 2.05) is 18.2 Å². The first-order valence-corrected chi connectivity index (χ1v) is 11.4. The van der Waals surface area contributed by atoms with Crippen LogP contribution < -0.4 is 14.2 Å². The quantitative estimate of drug-likeness (QED) is 0.529. The predicted octanol–water partition coefficient (Wildman–Crippen LogP) is 4.40. The Morgan fingerprint density at radius 2 is 1.50 bits per heavy atom. The van der Waals surface area contributed by atoms with Gasteiger partial charge in [-0.3, -0.25) is 9.80 Å². The van der Waals surface area contributed by atoms with E-state index in [2.05, 4.69) is 70.5 Å². The van der Waals surface area contributed by atoms with Crippen molar-refractivity contribution in [2.75, 3.05) is 46.1 Å². The smallest absolute Gasteiger partial charge is 0.231 e. The van der Waals surface area contributed by atoms with Gasteiger partial charge >= 0.3 is 0 Å². The Morgan fingerprint density at radius 1 is 0.781 bits per heavy atom. The first-order valence-electron chi connectivity index (χ1n) is 11.4. The number of ether oxygens (including phenoxy) is 3. The van der Waals surface area contributed by atoms with Crippen molar-refractivity contribution in [1.82, 2.24) is 9.80 Å². The van der Waals surface area contributed by atoms with E-state index in [9.17, 15) is 0 Å². The molecule has 166 valence electrons. The second-order valence-electron chi connectivity index (χ2n) is 8.36. The summed E-state index contributed by atoms with van der Waals surface area (Å²) >= 11 is 0. The maximum atomic E-state index is 5.97. The summed E-state index contributed by atoms with van der Waals surface area (Å²) in [6.45, 7) is 6.14. The van der Waals surface area contributed by atoms with Gasteiger partial charge in [-0.15, -0.1) is 0 Å². The Hall–Kier alpha value is -3.02. The highest BCUT2D eigenvalue weighted by molar-refractivity contribution is 5.46. The Morgan fingerprint density at radius 3 is 2.28 bits per heavy atom. The van der Waals surface area contributed by atoms with Crippen LogP contribution >= 0.6 is 0 Å². The number of benzene rings is 3. The average Bonchev–Trinajstić information content (AvgIpc) is 3.32. The van der Waals surface area contributed by atoms with Crippen molar-refractivity contribution >= 4 is 0 Å². The molecule has 2 heterocycles. The Labute approximate surface area is 190 Å². The third kappa shape index (κ3) is 5.06. The summed E-state index contributed by atoms with van der Waals surface area (Å²) < 4.78 is 16.8. The molecule has 5 heteroatoms. The molecule has 2 aliphatic heterocycles. The van der Waals surface area contributed by atoms with Crippen LogP contribution in [0, 0.1) is 0 Å². The van der Waals surface area contributed by atoms with E-state index in [0.717, 1.165) is 56.4 Å². The fraction of sp³-hybridized carbons (Fsp3) is 0.333. The third-order valence-corrected chi connectivity index (χ3v) is 6.32. The monoisotopic (exact) mass is 430 g/mol. The molecule has 0 aromatic heterocycles. The second kappa shape index (κ2) is 10.1. The number of fused-ring (bicyclic) bond motifs is 1. The van der Waals surface area contributed by atoms with E-state index in [0.29, 0.717) is 12.6 Å². The molecule has 3 aromatic carbocycles. The first-order chi connectivity index (χ1) is 15.8. The Balaban J connectivity index is 1.14. The molecule has 0 spiro atoms. The molecule has 0 amide bonds. The van der Waals surface area contributed by atoms with Gasteiger partial charge in [0.2, 0.25) is 6.79 Å². The Kier molecular flexibility index (Phi) is 6.56. The third-order valence-electron chi connectivity index (χ3n) is 6.32. The number of hydrogen-bond donors (Lipinski definition) is 0. The molecule has 0 saturated carbocycles. The summed E-state index contributed by atoms with van der Waals surface area (Å²) in [5.41, 5.74) is 2.79. The van der Waals surface area contributed by atoms with Gasteiger partial charge in [0, 0.05) is 44.8 Å². The lowest BCUT2D eigenvalue weighted by atomic mass is 9.96.